The molecule has 1 saturated heterocycles. The molecule has 158 valence electrons. The van der Waals surface area contributed by atoms with Crippen molar-refractivity contribution in [1.29, 1.82) is 0 Å². The third kappa shape index (κ3) is 8.99. The van der Waals surface area contributed by atoms with Crippen molar-refractivity contribution in [3.8, 4) is 5.75 Å². The summed E-state index contributed by atoms with van der Waals surface area (Å²) in [6.07, 6.45) is 1.38. The van der Waals surface area contributed by atoms with E-state index in [-0.39, 0.29) is 36.1 Å². The number of benzene rings is 1. The van der Waals surface area contributed by atoms with Crippen molar-refractivity contribution in [1.82, 2.24) is 15.5 Å². The van der Waals surface area contributed by atoms with Gasteiger partial charge in [0.2, 0.25) is 0 Å². The molecule has 1 aliphatic rings. The highest BCUT2D eigenvalue weighted by molar-refractivity contribution is 14.0. The van der Waals surface area contributed by atoms with Crippen molar-refractivity contribution >= 4 is 36.0 Å². The fourth-order valence-corrected chi connectivity index (χ4v) is 2.86. The predicted molar refractivity (Wildman–Crippen MR) is 123 cm³/mol. The Kier molecular flexibility index (Phi) is 10.4. The molecule has 28 heavy (non-hydrogen) atoms. The summed E-state index contributed by atoms with van der Waals surface area (Å²) < 4.78 is 11.0. The van der Waals surface area contributed by atoms with Gasteiger partial charge in [-0.15, -0.1) is 24.0 Å². The fraction of sp³-hybridized carbons (Fsp3) is 0.600. The summed E-state index contributed by atoms with van der Waals surface area (Å²) in [7, 11) is 1.78. The van der Waals surface area contributed by atoms with Crippen LogP contribution in [0.1, 0.15) is 33.6 Å². The van der Waals surface area contributed by atoms with Crippen LogP contribution in [0.3, 0.4) is 0 Å². The van der Waals surface area contributed by atoms with Gasteiger partial charge in [0.25, 0.3) is 0 Å². The lowest BCUT2D eigenvalue weighted by atomic mass is 10.2. The van der Waals surface area contributed by atoms with Gasteiger partial charge in [0, 0.05) is 26.7 Å². The van der Waals surface area contributed by atoms with Crippen molar-refractivity contribution in [3.05, 3.63) is 30.3 Å². The molecule has 1 aliphatic heterocycles. The normalized spacial score (nSPS) is 16.9. The van der Waals surface area contributed by atoms with Gasteiger partial charge in [-0.2, -0.15) is 0 Å². The maximum atomic E-state index is 11.9. The van der Waals surface area contributed by atoms with Crippen molar-refractivity contribution in [2.45, 2.75) is 45.3 Å². The Morgan fingerprint density at radius 1 is 1.29 bits per heavy atom. The summed E-state index contributed by atoms with van der Waals surface area (Å²) in [4.78, 5) is 18.4. The lowest BCUT2D eigenvalue weighted by Crippen LogP contribution is -2.44. The maximum absolute atomic E-state index is 11.9. The van der Waals surface area contributed by atoms with Crippen LogP contribution in [-0.2, 0) is 4.74 Å². The first kappa shape index (κ1) is 24.3. The molecule has 1 heterocycles. The first-order chi connectivity index (χ1) is 12.9. The molecule has 7 nitrogen and oxygen atoms in total. The Morgan fingerprint density at radius 2 is 2.00 bits per heavy atom. The molecule has 1 amide bonds. The Hall–Kier alpha value is -1.71. The minimum atomic E-state index is -0.484. The van der Waals surface area contributed by atoms with Gasteiger partial charge in [-0.3, -0.25) is 4.99 Å². The third-order valence-electron chi connectivity index (χ3n) is 4.04. The molecule has 1 fully saturated rings. The quantitative estimate of drug-likeness (QED) is 0.269. The number of rotatable bonds is 6. The molecule has 2 N–H and O–H groups in total. The van der Waals surface area contributed by atoms with Crippen LogP contribution < -0.4 is 15.4 Å². The summed E-state index contributed by atoms with van der Waals surface area (Å²) in [5, 5.41) is 6.30. The van der Waals surface area contributed by atoms with E-state index in [2.05, 4.69) is 20.5 Å². The number of hydrogen-bond acceptors (Lipinski definition) is 4. The number of likely N-dealkylation sites (tertiary alicyclic amines) is 1. The van der Waals surface area contributed by atoms with Crippen molar-refractivity contribution in [2.24, 2.45) is 4.99 Å². The molecule has 1 aromatic carbocycles. The molecule has 1 aromatic rings. The second-order valence-corrected chi connectivity index (χ2v) is 7.57. The average molecular weight is 504 g/mol. The van der Waals surface area contributed by atoms with Gasteiger partial charge >= 0.3 is 6.09 Å². The zero-order chi connectivity index (χ0) is 19.7. The van der Waals surface area contributed by atoms with Crippen molar-refractivity contribution < 1.29 is 14.3 Å². The van der Waals surface area contributed by atoms with E-state index >= 15 is 0 Å². The van der Waals surface area contributed by atoms with Gasteiger partial charge in [-0.25, -0.2) is 4.79 Å². The number of ether oxygens (including phenoxy) is 2. The second-order valence-electron chi connectivity index (χ2n) is 7.57. The van der Waals surface area contributed by atoms with Gasteiger partial charge in [-0.05, 0) is 45.7 Å². The fourth-order valence-electron chi connectivity index (χ4n) is 2.86. The zero-order valence-electron chi connectivity index (χ0n) is 17.2. The number of halogens is 1. The lowest BCUT2D eigenvalue weighted by molar-refractivity contribution is 0.0507. The number of nitrogens with zero attached hydrogens (tertiary/aromatic N) is 2. The Labute approximate surface area is 185 Å². The summed E-state index contributed by atoms with van der Waals surface area (Å²) in [5.74, 6) is 1.74. The van der Waals surface area contributed by atoms with Crippen LogP contribution >= 0.6 is 24.0 Å². The first-order valence-electron chi connectivity index (χ1n) is 9.50. The molecule has 0 aliphatic carbocycles. The number of amides is 1. The van der Waals surface area contributed by atoms with E-state index in [0.29, 0.717) is 6.61 Å². The number of guanidine groups is 1. The van der Waals surface area contributed by atoms with E-state index in [9.17, 15) is 4.79 Å². The molecule has 2 rings (SSSR count). The minimum Gasteiger partial charge on any atom is -0.494 e. The number of para-hydroxylation sites is 1. The Balaban J connectivity index is 0.00000392. The number of carbonyl (C=O) groups is 1. The summed E-state index contributed by atoms with van der Waals surface area (Å²) in [6, 6.07) is 9.87. The van der Waals surface area contributed by atoms with E-state index in [1.54, 1.807) is 7.05 Å². The molecule has 1 atom stereocenters. The lowest BCUT2D eigenvalue weighted by Gasteiger charge is -2.23. The highest BCUT2D eigenvalue weighted by atomic mass is 127. The smallest absolute Gasteiger partial charge is 0.407 e. The van der Waals surface area contributed by atoms with Gasteiger partial charge in [-0.1, -0.05) is 18.2 Å². The SMILES string of the molecule is CN=C(NCCCOc1ccccc1)N1CCC(NC(=O)OC(C)(C)C)C1.I. The van der Waals surface area contributed by atoms with Crippen molar-refractivity contribution in [2.75, 3.05) is 33.3 Å². The monoisotopic (exact) mass is 504 g/mol. The minimum absolute atomic E-state index is 0. The Morgan fingerprint density at radius 3 is 2.64 bits per heavy atom. The number of nitrogens with one attached hydrogen (secondary N) is 2. The van der Waals surface area contributed by atoms with E-state index in [4.69, 9.17) is 9.47 Å². The number of alkyl carbamates (subject to hydrolysis) is 1. The topological polar surface area (TPSA) is 75.2 Å². The Bertz CT molecular complexity index is 620. The number of hydrogen-bond donors (Lipinski definition) is 2. The number of carbonyl (C=O) groups excluding carboxylic acids is 1. The number of aliphatic imine (C=N–C) groups is 1. The largest absolute Gasteiger partial charge is 0.494 e. The molecule has 0 aromatic heterocycles. The highest BCUT2D eigenvalue weighted by Gasteiger charge is 2.27. The van der Waals surface area contributed by atoms with Gasteiger partial charge in [0.05, 0.1) is 12.6 Å². The van der Waals surface area contributed by atoms with E-state index in [1.807, 2.05) is 51.1 Å². The van der Waals surface area contributed by atoms with E-state index < -0.39 is 5.60 Å². The van der Waals surface area contributed by atoms with Crippen LogP contribution in [0.25, 0.3) is 0 Å². The zero-order valence-corrected chi connectivity index (χ0v) is 19.6. The standard InChI is InChI=1S/C20H32N4O3.HI/c1-20(2,3)27-19(25)23-16-11-13-24(15-16)18(21-4)22-12-8-14-26-17-9-6-5-7-10-17;/h5-7,9-10,16H,8,11-15H2,1-4H3,(H,21,22)(H,23,25);1H. The predicted octanol–water partition coefficient (Wildman–Crippen LogP) is 3.25. The molecule has 0 saturated carbocycles. The molecule has 8 heteroatoms. The molecule has 1 unspecified atom stereocenters. The molecule has 0 bridgehead atoms. The molecule has 0 spiro atoms. The molecule has 0 radical (unpaired) electrons. The van der Waals surface area contributed by atoms with Crippen LogP contribution in [0.2, 0.25) is 0 Å². The van der Waals surface area contributed by atoms with Gasteiger partial charge < -0.3 is 25.0 Å². The van der Waals surface area contributed by atoms with Crippen LogP contribution in [0.4, 0.5) is 4.79 Å². The van der Waals surface area contributed by atoms with Gasteiger partial charge in [0.15, 0.2) is 5.96 Å². The van der Waals surface area contributed by atoms with Crippen LogP contribution in [0.5, 0.6) is 5.75 Å². The molecular weight excluding hydrogens is 471 g/mol. The second kappa shape index (κ2) is 12.0. The average Bonchev–Trinajstić information content (AvgIpc) is 3.05. The van der Waals surface area contributed by atoms with Crippen molar-refractivity contribution in [3.63, 3.8) is 0 Å². The molecular formula is C20H33IN4O3. The van der Waals surface area contributed by atoms with Gasteiger partial charge in [0.1, 0.15) is 11.4 Å². The maximum Gasteiger partial charge on any atom is 0.407 e. The first-order valence-corrected chi connectivity index (χ1v) is 9.50. The van der Waals surface area contributed by atoms with E-state index in [0.717, 1.165) is 44.2 Å². The van der Waals surface area contributed by atoms with Crippen LogP contribution in [-0.4, -0.2) is 61.9 Å². The third-order valence-corrected chi connectivity index (χ3v) is 4.04. The summed E-state index contributed by atoms with van der Waals surface area (Å²) in [6.45, 7) is 8.58. The van der Waals surface area contributed by atoms with Crippen LogP contribution in [0.15, 0.2) is 35.3 Å². The summed E-state index contributed by atoms with van der Waals surface area (Å²) >= 11 is 0. The van der Waals surface area contributed by atoms with E-state index in [1.165, 1.54) is 0 Å². The summed E-state index contributed by atoms with van der Waals surface area (Å²) in [5.41, 5.74) is -0.484. The highest BCUT2D eigenvalue weighted by Crippen LogP contribution is 2.12. The van der Waals surface area contributed by atoms with Crippen LogP contribution in [0, 0.1) is 0 Å².